The monoisotopic (exact) mass is 310 g/mol. The van der Waals surface area contributed by atoms with Crippen molar-refractivity contribution in [3.05, 3.63) is 0 Å². The van der Waals surface area contributed by atoms with Gasteiger partial charge in [0.05, 0.1) is 5.41 Å². The molecule has 0 radical (unpaired) electrons. The van der Waals surface area contributed by atoms with E-state index in [4.69, 9.17) is 0 Å². The first-order valence-corrected chi connectivity index (χ1v) is 7.96. The predicted molar refractivity (Wildman–Crippen MR) is 81.1 cm³/mol. The van der Waals surface area contributed by atoms with Gasteiger partial charge in [0.15, 0.2) is 0 Å². The number of likely N-dealkylation sites (tertiary alicyclic amines) is 1. The molecule has 1 aliphatic carbocycles. The van der Waals surface area contributed by atoms with Crippen LogP contribution in [0.15, 0.2) is 0 Å². The fourth-order valence-corrected chi connectivity index (χ4v) is 3.54. The van der Waals surface area contributed by atoms with Crippen LogP contribution in [0.2, 0.25) is 0 Å². The van der Waals surface area contributed by atoms with Crippen LogP contribution in [0.4, 0.5) is 0 Å². The number of hydrogen-bond acceptors (Lipinski definition) is 3. The van der Waals surface area contributed by atoms with Crippen molar-refractivity contribution in [2.45, 2.75) is 46.5 Å². The summed E-state index contributed by atoms with van der Waals surface area (Å²) in [6.07, 6.45) is 2.71. The molecule has 2 atom stereocenters. The normalized spacial score (nSPS) is 27.6. The lowest BCUT2D eigenvalue weighted by molar-refractivity contribution is -0.149. The van der Waals surface area contributed by atoms with Crippen LogP contribution < -0.4 is 5.32 Å². The third kappa shape index (κ3) is 3.10. The molecule has 2 amide bonds. The van der Waals surface area contributed by atoms with Crippen LogP contribution in [0.1, 0.15) is 46.5 Å². The van der Waals surface area contributed by atoms with Gasteiger partial charge in [-0.15, -0.1) is 0 Å². The standard InChI is InChI=1S/C16H26N2O4/c1-15(2,3)13(20)17-8-6-12(19)18-9-11-5-4-7-16(11,10-18)14(21)22/h11H,4-10H2,1-3H3,(H,17,20)(H,21,22)/t11-,16+/m0/s1. The first kappa shape index (κ1) is 16.8. The highest BCUT2D eigenvalue weighted by molar-refractivity contribution is 5.83. The van der Waals surface area contributed by atoms with E-state index in [1.807, 2.05) is 20.8 Å². The molecule has 2 N–H and O–H groups in total. The van der Waals surface area contributed by atoms with E-state index in [2.05, 4.69) is 5.32 Å². The molecule has 0 aromatic carbocycles. The Bertz CT molecular complexity index is 483. The van der Waals surface area contributed by atoms with Crippen LogP contribution in [-0.2, 0) is 14.4 Å². The molecule has 1 aliphatic heterocycles. The van der Waals surface area contributed by atoms with E-state index in [0.717, 1.165) is 12.8 Å². The van der Waals surface area contributed by atoms with Gasteiger partial charge >= 0.3 is 5.97 Å². The van der Waals surface area contributed by atoms with Gasteiger partial charge in [-0.05, 0) is 18.8 Å². The lowest BCUT2D eigenvalue weighted by atomic mass is 9.81. The van der Waals surface area contributed by atoms with E-state index in [1.54, 1.807) is 4.90 Å². The fourth-order valence-electron chi connectivity index (χ4n) is 3.54. The van der Waals surface area contributed by atoms with Crippen LogP contribution in [0.25, 0.3) is 0 Å². The average Bonchev–Trinajstić information content (AvgIpc) is 2.94. The number of hydrogen-bond donors (Lipinski definition) is 2. The van der Waals surface area contributed by atoms with Crippen molar-refractivity contribution < 1.29 is 19.5 Å². The summed E-state index contributed by atoms with van der Waals surface area (Å²) in [6, 6.07) is 0. The maximum atomic E-state index is 12.3. The lowest BCUT2D eigenvalue weighted by Gasteiger charge is -2.23. The highest BCUT2D eigenvalue weighted by Crippen LogP contribution is 2.48. The van der Waals surface area contributed by atoms with Crippen molar-refractivity contribution in [2.75, 3.05) is 19.6 Å². The Hall–Kier alpha value is -1.59. The fraction of sp³-hybridized carbons (Fsp3) is 0.812. The molecule has 2 fully saturated rings. The zero-order chi connectivity index (χ0) is 16.5. The van der Waals surface area contributed by atoms with Crippen LogP contribution in [-0.4, -0.2) is 47.4 Å². The average molecular weight is 310 g/mol. The van der Waals surface area contributed by atoms with E-state index in [9.17, 15) is 19.5 Å². The van der Waals surface area contributed by atoms with E-state index in [1.165, 1.54) is 0 Å². The Kier molecular flexibility index (Phi) is 4.49. The third-order valence-corrected chi connectivity index (χ3v) is 4.95. The maximum Gasteiger partial charge on any atom is 0.311 e. The van der Waals surface area contributed by atoms with Gasteiger partial charge in [0, 0.05) is 31.5 Å². The van der Waals surface area contributed by atoms with Gasteiger partial charge in [-0.25, -0.2) is 0 Å². The van der Waals surface area contributed by atoms with Gasteiger partial charge < -0.3 is 15.3 Å². The molecule has 124 valence electrons. The molecule has 0 aromatic rings. The highest BCUT2D eigenvalue weighted by Gasteiger charge is 2.55. The number of aliphatic carboxylic acids is 1. The largest absolute Gasteiger partial charge is 0.481 e. The Morgan fingerprint density at radius 3 is 2.55 bits per heavy atom. The second kappa shape index (κ2) is 5.89. The Morgan fingerprint density at radius 1 is 1.32 bits per heavy atom. The number of carboxylic acids is 1. The van der Waals surface area contributed by atoms with Gasteiger partial charge in [0.25, 0.3) is 0 Å². The van der Waals surface area contributed by atoms with E-state index in [0.29, 0.717) is 26.1 Å². The minimum atomic E-state index is -0.772. The Morgan fingerprint density at radius 2 is 2.00 bits per heavy atom. The van der Waals surface area contributed by atoms with Crippen molar-refractivity contribution in [3.8, 4) is 0 Å². The molecular formula is C16H26N2O4. The first-order chi connectivity index (χ1) is 10.2. The molecule has 6 nitrogen and oxygen atoms in total. The van der Waals surface area contributed by atoms with Crippen LogP contribution in [0.3, 0.4) is 0 Å². The van der Waals surface area contributed by atoms with E-state index < -0.39 is 16.8 Å². The number of carboxylic acid groups (broad SMARTS) is 1. The summed E-state index contributed by atoms with van der Waals surface area (Å²) in [4.78, 5) is 37.3. The number of nitrogens with zero attached hydrogens (tertiary/aromatic N) is 1. The molecule has 2 aliphatic rings. The topological polar surface area (TPSA) is 86.7 Å². The third-order valence-electron chi connectivity index (χ3n) is 4.95. The molecule has 0 aromatic heterocycles. The van der Waals surface area contributed by atoms with E-state index >= 15 is 0 Å². The zero-order valence-electron chi connectivity index (χ0n) is 13.6. The van der Waals surface area contributed by atoms with Crippen LogP contribution >= 0.6 is 0 Å². The summed E-state index contributed by atoms with van der Waals surface area (Å²) in [5, 5.41) is 12.3. The summed E-state index contributed by atoms with van der Waals surface area (Å²) in [5.41, 5.74) is -1.20. The SMILES string of the molecule is CC(C)(C)C(=O)NCCC(=O)N1C[C@@H]2CCC[C@@]2(C(=O)O)C1. The molecule has 1 saturated carbocycles. The number of rotatable bonds is 4. The van der Waals surface area contributed by atoms with Gasteiger partial charge in [0.2, 0.25) is 11.8 Å². The quantitative estimate of drug-likeness (QED) is 0.818. The lowest BCUT2D eigenvalue weighted by Crippen LogP contribution is -2.39. The van der Waals surface area contributed by atoms with Crippen molar-refractivity contribution in [3.63, 3.8) is 0 Å². The van der Waals surface area contributed by atoms with Gasteiger partial charge in [0.1, 0.15) is 0 Å². The number of carbonyl (C=O) groups is 3. The van der Waals surface area contributed by atoms with Crippen LogP contribution in [0.5, 0.6) is 0 Å². The first-order valence-electron chi connectivity index (χ1n) is 7.96. The summed E-state index contributed by atoms with van der Waals surface area (Å²) in [6.45, 7) is 6.63. The summed E-state index contributed by atoms with van der Waals surface area (Å²) in [5.74, 6) is -0.839. The predicted octanol–water partition coefficient (Wildman–Crippen LogP) is 1.25. The summed E-state index contributed by atoms with van der Waals surface area (Å²) < 4.78 is 0. The molecule has 22 heavy (non-hydrogen) atoms. The minimum absolute atomic E-state index is 0.0655. The van der Waals surface area contributed by atoms with Crippen molar-refractivity contribution in [2.24, 2.45) is 16.7 Å². The van der Waals surface area contributed by atoms with Crippen LogP contribution in [0, 0.1) is 16.7 Å². The molecule has 2 rings (SSSR count). The zero-order valence-corrected chi connectivity index (χ0v) is 13.6. The minimum Gasteiger partial charge on any atom is -0.481 e. The summed E-state index contributed by atoms with van der Waals surface area (Å²) >= 11 is 0. The number of fused-ring (bicyclic) bond motifs is 1. The Labute approximate surface area is 131 Å². The van der Waals surface area contributed by atoms with Gasteiger partial charge in [-0.3, -0.25) is 14.4 Å². The maximum absolute atomic E-state index is 12.3. The van der Waals surface area contributed by atoms with Gasteiger partial charge in [-0.1, -0.05) is 27.2 Å². The molecule has 0 bridgehead atoms. The highest BCUT2D eigenvalue weighted by atomic mass is 16.4. The Balaban J connectivity index is 1.85. The second-order valence-corrected chi connectivity index (χ2v) is 7.58. The number of carbonyl (C=O) groups excluding carboxylic acids is 2. The molecule has 1 heterocycles. The van der Waals surface area contributed by atoms with Crippen molar-refractivity contribution >= 4 is 17.8 Å². The van der Waals surface area contributed by atoms with Crippen molar-refractivity contribution in [1.82, 2.24) is 10.2 Å². The molecule has 1 saturated heterocycles. The number of nitrogens with one attached hydrogen (secondary N) is 1. The molecule has 6 heteroatoms. The smallest absolute Gasteiger partial charge is 0.311 e. The molecule has 0 spiro atoms. The molecule has 0 unspecified atom stereocenters. The number of amides is 2. The van der Waals surface area contributed by atoms with E-state index in [-0.39, 0.29) is 24.2 Å². The molecular weight excluding hydrogens is 284 g/mol. The van der Waals surface area contributed by atoms with Crippen molar-refractivity contribution in [1.29, 1.82) is 0 Å². The summed E-state index contributed by atoms with van der Waals surface area (Å²) in [7, 11) is 0. The second-order valence-electron chi connectivity index (χ2n) is 7.58. The van der Waals surface area contributed by atoms with Gasteiger partial charge in [-0.2, -0.15) is 0 Å².